The van der Waals surface area contributed by atoms with Crippen LogP contribution >= 0.6 is 11.3 Å². The van der Waals surface area contributed by atoms with Gasteiger partial charge in [-0.15, -0.1) is 11.3 Å². The third kappa shape index (κ3) is 3.28. The Kier molecular flexibility index (Phi) is 5.42. The third-order valence-corrected chi connectivity index (χ3v) is 3.20. The van der Waals surface area contributed by atoms with Crippen LogP contribution in [0.1, 0.15) is 40.6 Å². The van der Waals surface area contributed by atoms with Crippen LogP contribution in [0.5, 0.6) is 0 Å². The van der Waals surface area contributed by atoms with Crippen LogP contribution in [0, 0.1) is 0 Å². The van der Waals surface area contributed by atoms with Crippen molar-refractivity contribution in [2.75, 3.05) is 13.7 Å². The van der Waals surface area contributed by atoms with Crippen molar-refractivity contribution >= 4 is 17.3 Å². The van der Waals surface area contributed by atoms with Crippen molar-refractivity contribution in [2.24, 2.45) is 0 Å². The van der Waals surface area contributed by atoms with E-state index in [2.05, 4.69) is 17.2 Å². The monoisotopic (exact) mass is 242 g/mol. The number of hydrogen-bond acceptors (Lipinski definition) is 5. The molecule has 1 aromatic rings. The van der Waals surface area contributed by atoms with Gasteiger partial charge in [-0.2, -0.15) is 0 Å². The first-order valence-corrected chi connectivity index (χ1v) is 6.32. The van der Waals surface area contributed by atoms with E-state index in [1.807, 2.05) is 6.92 Å². The van der Waals surface area contributed by atoms with E-state index in [4.69, 9.17) is 4.74 Å². The molecule has 0 aliphatic carbocycles. The molecular weight excluding hydrogens is 224 g/mol. The van der Waals surface area contributed by atoms with Crippen LogP contribution in [-0.2, 0) is 17.7 Å². The molecule has 0 fully saturated rings. The highest BCUT2D eigenvalue weighted by Gasteiger charge is 2.17. The maximum atomic E-state index is 11.5. The Morgan fingerprint density at radius 1 is 1.50 bits per heavy atom. The second-order valence-corrected chi connectivity index (χ2v) is 4.49. The molecule has 4 nitrogen and oxygen atoms in total. The fourth-order valence-electron chi connectivity index (χ4n) is 1.37. The van der Waals surface area contributed by atoms with Gasteiger partial charge in [0.2, 0.25) is 0 Å². The molecule has 0 radical (unpaired) electrons. The van der Waals surface area contributed by atoms with Gasteiger partial charge >= 0.3 is 5.97 Å². The average Bonchev–Trinajstić information content (AvgIpc) is 2.69. The van der Waals surface area contributed by atoms with Crippen molar-refractivity contribution in [1.82, 2.24) is 10.3 Å². The lowest BCUT2D eigenvalue weighted by atomic mass is 10.2. The molecule has 0 spiro atoms. The molecule has 90 valence electrons. The summed E-state index contributed by atoms with van der Waals surface area (Å²) < 4.78 is 4.75. The van der Waals surface area contributed by atoms with Crippen LogP contribution in [0.4, 0.5) is 0 Å². The molecule has 1 heterocycles. The van der Waals surface area contributed by atoms with Crippen molar-refractivity contribution in [3.63, 3.8) is 0 Å². The maximum Gasteiger partial charge on any atom is 0.349 e. The lowest BCUT2D eigenvalue weighted by Gasteiger charge is -1.97. The molecule has 0 aromatic carbocycles. The summed E-state index contributed by atoms with van der Waals surface area (Å²) in [4.78, 5) is 16.6. The van der Waals surface area contributed by atoms with Crippen molar-refractivity contribution in [1.29, 1.82) is 0 Å². The van der Waals surface area contributed by atoms with Gasteiger partial charge in [0.15, 0.2) is 0 Å². The maximum absolute atomic E-state index is 11.5. The number of esters is 1. The second kappa shape index (κ2) is 6.60. The van der Waals surface area contributed by atoms with Crippen LogP contribution in [0.25, 0.3) is 0 Å². The normalized spacial score (nSPS) is 10.4. The predicted molar refractivity (Wildman–Crippen MR) is 64.8 cm³/mol. The van der Waals surface area contributed by atoms with E-state index in [1.54, 1.807) is 0 Å². The number of aromatic nitrogens is 1. The smallest absolute Gasteiger partial charge is 0.349 e. The lowest BCUT2D eigenvalue weighted by Crippen LogP contribution is -2.11. The summed E-state index contributed by atoms with van der Waals surface area (Å²) in [5, 5.41) is 4.15. The van der Waals surface area contributed by atoms with E-state index in [9.17, 15) is 4.79 Å². The van der Waals surface area contributed by atoms with Crippen LogP contribution < -0.4 is 5.32 Å². The van der Waals surface area contributed by atoms with E-state index >= 15 is 0 Å². The highest BCUT2D eigenvalue weighted by atomic mass is 32.1. The van der Waals surface area contributed by atoms with E-state index in [1.165, 1.54) is 18.4 Å². The fourth-order valence-corrected chi connectivity index (χ4v) is 2.36. The van der Waals surface area contributed by atoms with Gasteiger partial charge in [0.25, 0.3) is 0 Å². The summed E-state index contributed by atoms with van der Waals surface area (Å²) >= 11 is 1.42. The van der Waals surface area contributed by atoms with Gasteiger partial charge in [0, 0.05) is 6.54 Å². The van der Waals surface area contributed by atoms with Crippen LogP contribution in [0.15, 0.2) is 0 Å². The van der Waals surface area contributed by atoms with Gasteiger partial charge in [-0.3, -0.25) is 0 Å². The van der Waals surface area contributed by atoms with Crippen molar-refractivity contribution in [2.45, 2.75) is 33.2 Å². The molecule has 16 heavy (non-hydrogen) atoms. The van der Waals surface area contributed by atoms with Crippen LogP contribution in [-0.4, -0.2) is 24.6 Å². The van der Waals surface area contributed by atoms with Crippen LogP contribution in [0.3, 0.4) is 0 Å². The summed E-state index contributed by atoms with van der Waals surface area (Å²) in [6, 6.07) is 0. The molecule has 0 aliphatic heterocycles. The zero-order valence-corrected chi connectivity index (χ0v) is 10.8. The second-order valence-electron chi connectivity index (χ2n) is 3.41. The van der Waals surface area contributed by atoms with Crippen molar-refractivity contribution in [3.05, 3.63) is 15.6 Å². The molecular formula is C11H18N2O2S. The first-order chi connectivity index (χ1) is 7.72. The Bertz CT molecular complexity index is 350. The molecule has 0 aliphatic rings. The Balaban J connectivity index is 2.86. The Morgan fingerprint density at radius 3 is 2.81 bits per heavy atom. The molecule has 1 rings (SSSR count). The zero-order valence-electron chi connectivity index (χ0n) is 10.0. The number of nitrogens with zero attached hydrogens (tertiary/aromatic N) is 1. The lowest BCUT2D eigenvalue weighted by molar-refractivity contribution is 0.0605. The summed E-state index contributed by atoms with van der Waals surface area (Å²) in [6.45, 7) is 5.73. The van der Waals surface area contributed by atoms with Gasteiger partial charge in [0.1, 0.15) is 9.88 Å². The Labute approximate surface area is 100 Å². The van der Waals surface area contributed by atoms with E-state index in [0.717, 1.165) is 36.6 Å². The van der Waals surface area contributed by atoms with Crippen LogP contribution in [0.2, 0.25) is 0 Å². The van der Waals surface area contributed by atoms with Gasteiger partial charge < -0.3 is 10.1 Å². The number of aryl methyl sites for hydroxylation is 1. The van der Waals surface area contributed by atoms with Crippen molar-refractivity contribution < 1.29 is 9.53 Å². The molecule has 0 unspecified atom stereocenters. The SMILES string of the molecule is CCCc1nc(CNCC)sc1C(=O)OC. The first-order valence-electron chi connectivity index (χ1n) is 5.50. The third-order valence-electron chi connectivity index (χ3n) is 2.13. The summed E-state index contributed by atoms with van der Waals surface area (Å²) in [6.07, 6.45) is 1.81. The minimum absolute atomic E-state index is 0.274. The summed E-state index contributed by atoms with van der Waals surface area (Å²) in [7, 11) is 1.40. The standard InChI is InChI=1S/C11H18N2O2S/c1-4-6-8-10(11(14)15-3)16-9(13-8)7-12-5-2/h12H,4-7H2,1-3H3. The number of nitrogens with one attached hydrogen (secondary N) is 1. The first kappa shape index (κ1) is 13.1. The van der Waals surface area contributed by atoms with Gasteiger partial charge in [-0.25, -0.2) is 9.78 Å². The minimum Gasteiger partial charge on any atom is -0.465 e. The van der Waals surface area contributed by atoms with Crippen molar-refractivity contribution in [3.8, 4) is 0 Å². The van der Waals surface area contributed by atoms with E-state index in [-0.39, 0.29) is 5.97 Å². The van der Waals surface area contributed by atoms with Gasteiger partial charge in [0.05, 0.1) is 12.8 Å². The molecule has 0 amide bonds. The van der Waals surface area contributed by atoms with Gasteiger partial charge in [-0.05, 0) is 13.0 Å². The largest absolute Gasteiger partial charge is 0.465 e. The number of carbonyl (C=O) groups excluding carboxylic acids is 1. The summed E-state index contributed by atoms with van der Waals surface area (Å²) in [5.74, 6) is -0.274. The summed E-state index contributed by atoms with van der Waals surface area (Å²) in [5.41, 5.74) is 0.868. The number of methoxy groups -OCH3 is 1. The molecule has 0 bridgehead atoms. The molecule has 0 saturated carbocycles. The fraction of sp³-hybridized carbons (Fsp3) is 0.636. The molecule has 5 heteroatoms. The number of hydrogen-bond donors (Lipinski definition) is 1. The predicted octanol–water partition coefficient (Wildman–Crippen LogP) is 1.99. The number of carbonyl (C=O) groups is 1. The Hall–Kier alpha value is -0.940. The average molecular weight is 242 g/mol. The van der Waals surface area contributed by atoms with Gasteiger partial charge in [-0.1, -0.05) is 20.3 Å². The molecule has 0 saturated heterocycles. The highest BCUT2D eigenvalue weighted by Crippen LogP contribution is 2.20. The number of rotatable bonds is 6. The topological polar surface area (TPSA) is 51.2 Å². The number of ether oxygens (including phenoxy) is 1. The highest BCUT2D eigenvalue weighted by molar-refractivity contribution is 7.13. The molecule has 0 atom stereocenters. The van der Waals surface area contributed by atoms with E-state index < -0.39 is 0 Å². The minimum atomic E-state index is -0.274. The number of thiazole rings is 1. The zero-order chi connectivity index (χ0) is 12.0. The molecule has 1 aromatic heterocycles. The quantitative estimate of drug-likeness (QED) is 0.775. The Morgan fingerprint density at radius 2 is 2.25 bits per heavy atom. The van der Waals surface area contributed by atoms with E-state index in [0.29, 0.717) is 4.88 Å². The molecule has 1 N–H and O–H groups in total.